The van der Waals surface area contributed by atoms with Gasteiger partial charge in [-0.25, -0.2) is 0 Å². The summed E-state index contributed by atoms with van der Waals surface area (Å²) in [5.41, 5.74) is 0. The van der Waals surface area contributed by atoms with E-state index >= 15 is 0 Å². The predicted molar refractivity (Wildman–Crippen MR) is 92.2 cm³/mol. The summed E-state index contributed by atoms with van der Waals surface area (Å²) < 4.78 is 11.4. The maximum Gasteiger partial charge on any atom is 0.119 e. The van der Waals surface area contributed by atoms with Crippen LogP contribution < -0.4 is 0 Å². The molecule has 130 valence electrons. The Morgan fingerprint density at radius 1 is 0.682 bits per heavy atom. The quantitative estimate of drug-likeness (QED) is 0.415. The third-order valence-electron chi connectivity index (χ3n) is 3.90. The first-order valence-electron chi connectivity index (χ1n) is 9.18. The number of nitrogens with zero attached hydrogens (tertiary/aromatic N) is 2. The molecule has 4 nitrogen and oxygen atoms in total. The molecule has 0 aromatic heterocycles. The van der Waals surface area contributed by atoms with Crippen LogP contribution >= 0.6 is 0 Å². The summed E-state index contributed by atoms with van der Waals surface area (Å²) in [6, 6.07) is 0. The van der Waals surface area contributed by atoms with Crippen LogP contribution in [0.15, 0.2) is 12.4 Å². The number of hydrogen-bond acceptors (Lipinski definition) is 4. The van der Waals surface area contributed by atoms with Crippen LogP contribution in [0.1, 0.15) is 71.6 Å². The first-order valence-corrected chi connectivity index (χ1v) is 9.18. The lowest BCUT2D eigenvalue weighted by atomic mass is 10.1. The van der Waals surface area contributed by atoms with E-state index in [9.17, 15) is 0 Å². The van der Waals surface area contributed by atoms with Crippen LogP contribution in [0.4, 0.5) is 0 Å². The maximum atomic E-state index is 5.74. The molecule has 0 saturated carbocycles. The minimum Gasteiger partial charge on any atom is -0.361 e. The van der Waals surface area contributed by atoms with Crippen molar-refractivity contribution in [3.05, 3.63) is 12.4 Å². The van der Waals surface area contributed by atoms with Gasteiger partial charge in [0.05, 0.1) is 6.67 Å². The topological polar surface area (TPSA) is 24.9 Å². The van der Waals surface area contributed by atoms with E-state index in [1.165, 1.54) is 51.4 Å². The first kappa shape index (κ1) is 19.3. The highest BCUT2D eigenvalue weighted by molar-refractivity contribution is 4.88. The summed E-state index contributed by atoms with van der Waals surface area (Å²) >= 11 is 0. The fourth-order valence-corrected chi connectivity index (χ4v) is 2.46. The van der Waals surface area contributed by atoms with E-state index in [1.54, 1.807) is 0 Å². The molecule has 0 aliphatic carbocycles. The summed E-state index contributed by atoms with van der Waals surface area (Å²) in [4.78, 5) is 4.36. The average Bonchev–Trinajstić information content (AvgIpc) is 2.98. The van der Waals surface area contributed by atoms with E-state index in [0.29, 0.717) is 13.5 Å². The molecule has 1 aliphatic rings. The minimum absolute atomic E-state index is 0.685. The highest BCUT2D eigenvalue weighted by atomic mass is 16.5. The van der Waals surface area contributed by atoms with Gasteiger partial charge in [-0.15, -0.1) is 0 Å². The monoisotopic (exact) mass is 312 g/mol. The lowest BCUT2D eigenvalue weighted by Crippen LogP contribution is -2.29. The fourth-order valence-electron chi connectivity index (χ4n) is 2.46. The van der Waals surface area contributed by atoms with Gasteiger partial charge in [-0.2, -0.15) is 0 Å². The van der Waals surface area contributed by atoms with E-state index in [1.807, 2.05) is 0 Å². The van der Waals surface area contributed by atoms with E-state index in [2.05, 4.69) is 36.0 Å². The summed E-state index contributed by atoms with van der Waals surface area (Å²) in [5.74, 6) is 0. The molecule has 0 spiro atoms. The van der Waals surface area contributed by atoms with Gasteiger partial charge in [0.25, 0.3) is 0 Å². The van der Waals surface area contributed by atoms with Crippen LogP contribution in [0, 0.1) is 0 Å². The predicted octanol–water partition coefficient (Wildman–Crippen LogP) is 4.53. The molecule has 1 rings (SSSR count). The molecular formula is C18H36N2O2. The van der Waals surface area contributed by atoms with Crippen molar-refractivity contribution in [2.75, 3.05) is 33.3 Å². The molecule has 0 radical (unpaired) electrons. The van der Waals surface area contributed by atoms with Crippen molar-refractivity contribution >= 4 is 0 Å². The largest absolute Gasteiger partial charge is 0.361 e. The van der Waals surface area contributed by atoms with Gasteiger partial charge in [0.15, 0.2) is 0 Å². The standard InChI is InChI=1S/C18H36N2O2/c1-3-5-7-8-9-10-11-15-22-18-20-13-12-19(16-20)17-21-14-6-4-2/h12-13H,3-11,14-18H2,1-2H3. The lowest BCUT2D eigenvalue weighted by Gasteiger charge is -2.21. The third-order valence-corrected chi connectivity index (χ3v) is 3.90. The van der Waals surface area contributed by atoms with Crippen LogP contribution in [0.25, 0.3) is 0 Å². The Morgan fingerprint density at radius 2 is 1.18 bits per heavy atom. The highest BCUT2D eigenvalue weighted by Crippen LogP contribution is 2.09. The fraction of sp³-hybridized carbons (Fsp3) is 0.889. The Balaban J connectivity index is 1.85. The van der Waals surface area contributed by atoms with E-state index < -0.39 is 0 Å². The van der Waals surface area contributed by atoms with E-state index in [0.717, 1.165) is 26.3 Å². The SMILES string of the molecule is CCCCCCCCCOCN1C=CN(COCCCC)C1. The molecule has 0 atom stereocenters. The molecule has 0 saturated heterocycles. The van der Waals surface area contributed by atoms with Crippen LogP contribution in [0.2, 0.25) is 0 Å². The van der Waals surface area contributed by atoms with Gasteiger partial charge < -0.3 is 19.3 Å². The Hall–Kier alpha value is -0.740. The van der Waals surface area contributed by atoms with E-state index in [4.69, 9.17) is 9.47 Å². The van der Waals surface area contributed by atoms with Crippen molar-refractivity contribution in [3.63, 3.8) is 0 Å². The normalized spacial score (nSPS) is 14.3. The molecule has 0 amide bonds. The molecule has 22 heavy (non-hydrogen) atoms. The van der Waals surface area contributed by atoms with Crippen molar-refractivity contribution in [3.8, 4) is 0 Å². The molecule has 0 bridgehead atoms. The Kier molecular flexibility index (Phi) is 12.2. The minimum atomic E-state index is 0.685. The summed E-state index contributed by atoms with van der Waals surface area (Å²) in [7, 11) is 0. The second kappa shape index (κ2) is 13.9. The zero-order valence-corrected chi connectivity index (χ0v) is 14.8. The summed E-state index contributed by atoms with van der Waals surface area (Å²) in [6.07, 6.45) is 15.8. The van der Waals surface area contributed by atoms with Gasteiger partial charge in [0.1, 0.15) is 13.5 Å². The number of ether oxygens (including phenoxy) is 2. The van der Waals surface area contributed by atoms with Gasteiger partial charge in [-0.05, 0) is 12.8 Å². The molecular weight excluding hydrogens is 276 g/mol. The van der Waals surface area contributed by atoms with Crippen LogP contribution in [-0.2, 0) is 9.47 Å². The number of hydrogen-bond donors (Lipinski definition) is 0. The van der Waals surface area contributed by atoms with Crippen molar-refractivity contribution in [2.45, 2.75) is 71.6 Å². The van der Waals surface area contributed by atoms with Crippen molar-refractivity contribution in [2.24, 2.45) is 0 Å². The van der Waals surface area contributed by atoms with Crippen LogP contribution in [0.3, 0.4) is 0 Å². The number of unbranched alkanes of at least 4 members (excludes halogenated alkanes) is 7. The van der Waals surface area contributed by atoms with Crippen LogP contribution in [0.5, 0.6) is 0 Å². The van der Waals surface area contributed by atoms with Gasteiger partial charge >= 0.3 is 0 Å². The Labute approximate surface area is 137 Å². The van der Waals surface area contributed by atoms with Crippen molar-refractivity contribution < 1.29 is 9.47 Å². The molecule has 0 fully saturated rings. The second-order valence-electron chi connectivity index (χ2n) is 6.17. The third kappa shape index (κ3) is 10.1. The molecule has 0 unspecified atom stereocenters. The van der Waals surface area contributed by atoms with Crippen molar-refractivity contribution in [1.29, 1.82) is 0 Å². The zero-order valence-electron chi connectivity index (χ0n) is 14.8. The molecule has 1 heterocycles. The molecule has 4 heteroatoms. The highest BCUT2D eigenvalue weighted by Gasteiger charge is 2.11. The molecule has 0 aromatic rings. The lowest BCUT2D eigenvalue weighted by molar-refractivity contribution is 0.00999. The first-order chi connectivity index (χ1) is 10.9. The van der Waals surface area contributed by atoms with E-state index in [-0.39, 0.29) is 0 Å². The van der Waals surface area contributed by atoms with Gasteiger partial charge in [-0.1, -0.05) is 58.8 Å². The molecule has 0 aromatic carbocycles. The maximum absolute atomic E-state index is 5.74. The molecule has 1 aliphatic heterocycles. The average molecular weight is 312 g/mol. The van der Waals surface area contributed by atoms with Crippen LogP contribution in [-0.4, -0.2) is 43.1 Å². The summed E-state index contributed by atoms with van der Waals surface area (Å²) in [6.45, 7) is 8.44. The molecule has 0 N–H and O–H groups in total. The summed E-state index contributed by atoms with van der Waals surface area (Å²) in [5, 5.41) is 0. The smallest absolute Gasteiger partial charge is 0.119 e. The number of rotatable bonds is 15. The Morgan fingerprint density at radius 3 is 1.77 bits per heavy atom. The Bertz CT molecular complexity index is 272. The van der Waals surface area contributed by atoms with Gasteiger partial charge in [0.2, 0.25) is 0 Å². The second-order valence-corrected chi connectivity index (χ2v) is 6.17. The zero-order chi connectivity index (χ0) is 15.9. The van der Waals surface area contributed by atoms with Crippen molar-refractivity contribution in [1.82, 2.24) is 9.80 Å². The van der Waals surface area contributed by atoms with Gasteiger partial charge in [0, 0.05) is 25.6 Å². The van der Waals surface area contributed by atoms with Gasteiger partial charge in [-0.3, -0.25) is 0 Å².